The lowest BCUT2D eigenvalue weighted by molar-refractivity contribution is 0.288. The van der Waals surface area contributed by atoms with E-state index in [1.807, 2.05) is 35.7 Å². The topological polar surface area (TPSA) is 105 Å². The largest absolute Gasteiger partial charge is 0.382 e. The Morgan fingerprint density at radius 2 is 2.04 bits per heavy atom. The molecule has 0 unspecified atom stereocenters. The number of anilines is 1. The van der Waals surface area contributed by atoms with E-state index in [1.54, 1.807) is 17.7 Å². The molecule has 3 aromatic rings. The van der Waals surface area contributed by atoms with E-state index in [0.717, 1.165) is 40.0 Å². The molecule has 0 bridgehead atoms. The van der Waals surface area contributed by atoms with Gasteiger partial charge in [-0.2, -0.15) is 0 Å². The lowest BCUT2D eigenvalue weighted by Crippen LogP contribution is -2.31. The van der Waals surface area contributed by atoms with Gasteiger partial charge in [0.15, 0.2) is 5.84 Å². The van der Waals surface area contributed by atoms with Crippen LogP contribution >= 0.6 is 11.3 Å². The Morgan fingerprint density at radius 3 is 2.77 bits per heavy atom. The number of aromatic nitrogens is 2. The van der Waals surface area contributed by atoms with Gasteiger partial charge in [0.1, 0.15) is 17.0 Å². The van der Waals surface area contributed by atoms with E-state index in [-0.39, 0.29) is 6.04 Å². The van der Waals surface area contributed by atoms with Gasteiger partial charge in [0.05, 0.1) is 11.4 Å². The van der Waals surface area contributed by atoms with Crippen LogP contribution in [0.4, 0.5) is 5.82 Å². The van der Waals surface area contributed by atoms with Crippen molar-refractivity contribution >= 4 is 33.2 Å². The molecular weight excluding hydrogens is 346 g/mol. The molecule has 1 fully saturated rings. The van der Waals surface area contributed by atoms with Gasteiger partial charge in [0, 0.05) is 11.6 Å². The second-order valence-electron chi connectivity index (χ2n) is 6.45. The summed E-state index contributed by atoms with van der Waals surface area (Å²) in [5.74, 6) is 7.14. The lowest BCUT2D eigenvalue weighted by Gasteiger charge is -2.16. The molecule has 5 N–H and O–H groups in total. The van der Waals surface area contributed by atoms with Crippen molar-refractivity contribution in [2.24, 2.45) is 16.7 Å². The number of hydrazone groups is 1. The summed E-state index contributed by atoms with van der Waals surface area (Å²) in [6.07, 6.45) is 3.75. The highest BCUT2D eigenvalue weighted by molar-refractivity contribution is 7.16. The first-order valence-corrected chi connectivity index (χ1v) is 9.43. The lowest BCUT2D eigenvalue weighted by atomic mass is 10.1. The minimum absolute atomic E-state index is 0.0951. The maximum absolute atomic E-state index is 6.06. The van der Waals surface area contributed by atoms with Crippen molar-refractivity contribution in [3.63, 3.8) is 0 Å². The summed E-state index contributed by atoms with van der Waals surface area (Å²) in [4.78, 5) is 9.63. The monoisotopic (exact) mass is 367 g/mol. The van der Waals surface area contributed by atoms with Crippen molar-refractivity contribution in [1.82, 2.24) is 15.1 Å². The number of thiophene rings is 1. The Balaban J connectivity index is 1.48. The predicted octanol–water partition coefficient (Wildman–Crippen LogP) is 2.82. The number of hydrogen-bond acceptors (Lipinski definition) is 7. The molecule has 0 spiro atoms. The van der Waals surface area contributed by atoms with Crippen LogP contribution in [0.25, 0.3) is 10.2 Å². The first-order valence-electron chi connectivity index (χ1n) is 8.55. The van der Waals surface area contributed by atoms with Crippen LogP contribution in [0.3, 0.4) is 0 Å². The van der Waals surface area contributed by atoms with E-state index in [9.17, 15) is 0 Å². The highest BCUT2D eigenvalue weighted by Crippen LogP contribution is 2.27. The van der Waals surface area contributed by atoms with Crippen molar-refractivity contribution in [2.45, 2.75) is 31.8 Å². The molecule has 0 amide bonds. The molecule has 26 heavy (non-hydrogen) atoms. The standard InChI is InChI=1S/C18H21N7S/c1-11(23-17-15-8-9-26-18(15)22-10-21-17)12-2-4-13(5-3-12)16(19)24-25(20)14-6-7-14/h2-5,8-11,14H,6-7,20H2,1H3,(H2,19,24)(H,21,22,23)/t11-/m0/s1. The minimum Gasteiger partial charge on any atom is -0.382 e. The van der Waals surface area contributed by atoms with Crippen molar-refractivity contribution in [1.29, 1.82) is 0 Å². The number of amidine groups is 1. The third-order valence-corrected chi connectivity index (χ3v) is 5.29. The summed E-state index contributed by atoms with van der Waals surface area (Å²) in [6, 6.07) is 10.5. The summed E-state index contributed by atoms with van der Waals surface area (Å²) in [7, 11) is 0. The number of rotatable bonds is 6. The van der Waals surface area contributed by atoms with Gasteiger partial charge in [0.25, 0.3) is 0 Å². The van der Waals surface area contributed by atoms with Gasteiger partial charge in [-0.3, -0.25) is 0 Å². The number of fused-ring (bicyclic) bond motifs is 1. The van der Waals surface area contributed by atoms with Crippen LogP contribution in [0.5, 0.6) is 0 Å². The Morgan fingerprint density at radius 1 is 1.27 bits per heavy atom. The molecule has 1 aliphatic rings. The first-order chi connectivity index (χ1) is 12.6. The second kappa shape index (κ2) is 6.89. The molecule has 2 aromatic heterocycles. The molecule has 0 aliphatic heterocycles. The zero-order valence-corrected chi connectivity index (χ0v) is 15.3. The van der Waals surface area contributed by atoms with Crippen LogP contribution in [0.15, 0.2) is 47.1 Å². The Hall–Kier alpha value is -2.71. The first kappa shape index (κ1) is 16.7. The van der Waals surface area contributed by atoms with E-state index in [4.69, 9.17) is 11.6 Å². The molecular formula is C18H21N7S. The number of nitrogens with two attached hydrogens (primary N) is 2. The maximum Gasteiger partial charge on any atom is 0.152 e. The molecule has 0 radical (unpaired) electrons. The van der Waals surface area contributed by atoms with Gasteiger partial charge in [0.2, 0.25) is 0 Å². The smallest absolute Gasteiger partial charge is 0.152 e. The number of hydrazine groups is 1. The zero-order chi connectivity index (χ0) is 18.1. The van der Waals surface area contributed by atoms with Gasteiger partial charge >= 0.3 is 0 Å². The number of benzene rings is 1. The maximum atomic E-state index is 6.06. The highest BCUT2D eigenvalue weighted by atomic mass is 32.1. The minimum atomic E-state index is 0.0951. The number of nitrogens with zero attached hydrogens (tertiary/aromatic N) is 4. The molecule has 1 atom stereocenters. The molecule has 1 aromatic carbocycles. The van der Waals surface area contributed by atoms with Gasteiger partial charge in [-0.1, -0.05) is 24.3 Å². The van der Waals surface area contributed by atoms with E-state index >= 15 is 0 Å². The second-order valence-corrected chi connectivity index (χ2v) is 7.34. The van der Waals surface area contributed by atoms with E-state index in [1.165, 1.54) is 5.12 Å². The summed E-state index contributed by atoms with van der Waals surface area (Å²) in [6.45, 7) is 2.10. The molecule has 1 saturated carbocycles. The molecule has 7 nitrogen and oxygen atoms in total. The molecule has 8 heteroatoms. The third kappa shape index (κ3) is 3.47. The Bertz CT molecular complexity index is 930. The molecule has 4 rings (SSSR count). The van der Waals surface area contributed by atoms with Crippen molar-refractivity contribution in [3.05, 3.63) is 53.2 Å². The van der Waals surface area contributed by atoms with Gasteiger partial charge < -0.3 is 11.1 Å². The number of nitrogens with one attached hydrogen (secondary N) is 1. The normalized spacial score (nSPS) is 15.8. The van der Waals surface area contributed by atoms with Gasteiger partial charge in [-0.25, -0.2) is 20.9 Å². The fourth-order valence-corrected chi connectivity index (χ4v) is 3.47. The van der Waals surface area contributed by atoms with Gasteiger partial charge in [-0.15, -0.1) is 16.4 Å². The molecule has 1 aliphatic carbocycles. The quantitative estimate of drug-likeness (QED) is 0.268. The van der Waals surface area contributed by atoms with E-state index in [0.29, 0.717) is 11.9 Å². The fourth-order valence-electron chi connectivity index (χ4n) is 2.74. The van der Waals surface area contributed by atoms with Crippen LogP contribution < -0.4 is 16.9 Å². The summed E-state index contributed by atoms with van der Waals surface area (Å²) < 4.78 is 0. The van der Waals surface area contributed by atoms with Crippen LogP contribution in [0.1, 0.15) is 36.9 Å². The zero-order valence-electron chi connectivity index (χ0n) is 14.5. The third-order valence-electron chi connectivity index (χ3n) is 4.47. The fraction of sp³-hybridized carbons (Fsp3) is 0.278. The summed E-state index contributed by atoms with van der Waals surface area (Å²) in [5, 5.41) is 12.2. The average Bonchev–Trinajstić information content (AvgIpc) is 3.39. The molecule has 2 heterocycles. The molecule has 134 valence electrons. The number of hydrogen-bond donors (Lipinski definition) is 3. The highest BCUT2D eigenvalue weighted by Gasteiger charge is 2.26. The Kier molecular flexibility index (Phi) is 4.44. The van der Waals surface area contributed by atoms with Crippen molar-refractivity contribution < 1.29 is 0 Å². The summed E-state index contributed by atoms with van der Waals surface area (Å²) >= 11 is 1.61. The molecule has 0 saturated heterocycles. The van der Waals surface area contributed by atoms with Crippen molar-refractivity contribution in [2.75, 3.05) is 5.32 Å². The Labute approximate surface area is 155 Å². The van der Waals surface area contributed by atoms with Crippen LogP contribution in [-0.2, 0) is 0 Å². The predicted molar refractivity (Wildman–Crippen MR) is 106 cm³/mol. The average molecular weight is 367 g/mol. The van der Waals surface area contributed by atoms with Crippen LogP contribution in [0.2, 0.25) is 0 Å². The van der Waals surface area contributed by atoms with Crippen LogP contribution in [0, 0.1) is 0 Å². The van der Waals surface area contributed by atoms with Crippen LogP contribution in [-0.4, -0.2) is 27.0 Å². The summed E-state index contributed by atoms with van der Waals surface area (Å²) in [5.41, 5.74) is 8.05. The van der Waals surface area contributed by atoms with E-state index < -0.39 is 0 Å². The van der Waals surface area contributed by atoms with Crippen molar-refractivity contribution in [3.8, 4) is 0 Å². The van der Waals surface area contributed by atoms with Gasteiger partial charge in [-0.05, 0) is 36.8 Å². The van der Waals surface area contributed by atoms with E-state index in [2.05, 4.69) is 27.3 Å². The SMILES string of the molecule is C[C@H](Nc1ncnc2sccc12)c1ccc(/C(N)=N/N(N)C2CC2)cc1.